The Kier molecular flexibility index (Phi) is 3.70. The minimum Gasteiger partial charge on any atom is -0.349 e. The number of nitrogens with one attached hydrogen (secondary N) is 1. The molecule has 0 aromatic heterocycles. The van der Waals surface area contributed by atoms with Crippen LogP contribution in [0.3, 0.4) is 0 Å². The molecule has 1 rings (SSSR count). The minimum atomic E-state index is -0.417. The van der Waals surface area contributed by atoms with Crippen LogP contribution < -0.4 is 5.32 Å². The van der Waals surface area contributed by atoms with Gasteiger partial charge in [-0.1, -0.05) is 30.3 Å². The lowest BCUT2D eigenvalue weighted by Crippen LogP contribution is -2.31. The van der Waals surface area contributed by atoms with Crippen molar-refractivity contribution in [1.29, 1.82) is 0 Å². The summed E-state index contributed by atoms with van der Waals surface area (Å²) in [5, 5.41) is 2.43. The Morgan fingerprint density at radius 3 is 2.46 bits per heavy atom. The molecule has 13 heavy (non-hydrogen) atoms. The van der Waals surface area contributed by atoms with Crippen LogP contribution in [0.25, 0.3) is 0 Å². The smallest absolute Gasteiger partial charge is 0.207 e. The van der Waals surface area contributed by atoms with E-state index in [0.29, 0.717) is 12.8 Å². The molecule has 0 heterocycles. The highest BCUT2D eigenvalue weighted by atomic mass is 16.1. The van der Waals surface area contributed by atoms with E-state index < -0.39 is 6.04 Å². The standard InChI is InChI=1S/C10H11NO2/c12-7-10(11-8-13)6-9-4-2-1-3-5-9/h1-5,7-8,10H,6H2,(H,11,13). The Labute approximate surface area is 76.8 Å². The Morgan fingerprint density at radius 1 is 1.23 bits per heavy atom. The Balaban J connectivity index is 2.56. The van der Waals surface area contributed by atoms with E-state index in [2.05, 4.69) is 5.32 Å². The molecule has 1 atom stereocenters. The molecule has 0 bridgehead atoms. The monoisotopic (exact) mass is 177 g/mol. The van der Waals surface area contributed by atoms with Gasteiger partial charge >= 0.3 is 0 Å². The van der Waals surface area contributed by atoms with Crippen LogP contribution in [0.5, 0.6) is 0 Å². The predicted octanol–water partition coefficient (Wildman–Crippen LogP) is 0.543. The molecule has 3 nitrogen and oxygen atoms in total. The Morgan fingerprint density at radius 2 is 1.92 bits per heavy atom. The van der Waals surface area contributed by atoms with Crippen molar-refractivity contribution in [1.82, 2.24) is 5.32 Å². The zero-order chi connectivity index (χ0) is 9.52. The van der Waals surface area contributed by atoms with Crippen molar-refractivity contribution in [2.24, 2.45) is 0 Å². The second-order valence-corrected chi connectivity index (χ2v) is 2.72. The highest BCUT2D eigenvalue weighted by molar-refractivity contribution is 5.64. The van der Waals surface area contributed by atoms with Gasteiger partial charge in [0.25, 0.3) is 0 Å². The molecule has 0 saturated heterocycles. The molecule has 0 aliphatic heterocycles. The maximum atomic E-state index is 10.5. The van der Waals surface area contributed by atoms with Crippen molar-refractivity contribution in [2.75, 3.05) is 0 Å². The van der Waals surface area contributed by atoms with Crippen LogP contribution in [-0.4, -0.2) is 18.7 Å². The summed E-state index contributed by atoms with van der Waals surface area (Å²) in [7, 11) is 0. The van der Waals surface area contributed by atoms with Crippen molar-refractivity contribution < 1.29 is 9.59 Å². The van der Waals surface area contributed by atoms with Gasteiger partial charge in [-0.3, -0.25) is 4.79 Å². The second-order valence-electron chi connectivity index (χ2n) is 2.72. The SMILES string of the molecule is O=CNC(C=O)Cc1ccccc1. The first-order chi connectivity index (χ1) is 6.36. The zero-order valence-electron chi connectivity index (χ0n) is 7.14. The van der Waals surface area contributed by atoms with Crippen LogP contribution in [0.1, 0.15) is 5.56 Å². The normalized spacial score (nSPS) is 11.7. The molecule has 1 unspecified atom stereocenters. The quantitative estimate of drug-likeness (QED) is 0.667. The predicted molar refractivity (Wildman–Crippen MR) is 49.2 cm³/mol. The average Bonchev–Trinajstić information content (AvgIpc) is 2.19. The zero-order valence-corrected chi connectivity index (χ0v) is 7.14. The molecule has 1 amide bonds. The summed E-state index contributed by atoms with van der Waals surface area (Å²) in [6, 6.07) is 9.13. The van der Waals surface area contributed by atoms with Crippen LogP contribution in [0.2, 0.25) is 0 Å². The van der Waals surface area contributed by atoms with E-state index in [1.165, 1.54) is 0 Å². The minimum absolute atomic E-state index is 0.417. The van der Waals surface area contributed by atoms with E-state index in [1.807, 2.05) is 30.3 Å². The molecule has 1 aromatic rings. The lowest BCUT2D eigenvalue weighted by molar-refractivity contribution is -0.115. The van der Waals surface area contributed by atoms with Crippen molar-refractivity contribution in [2.45, 2.75) is 12.5 Å². The third kappa shape index (κ3) is 3.07. The van der Waals surface area contributed by atoms with Gasteiger partial charge in [0.1, 0.15) is 6.29 Å². The van der Waals surface area contributed by atoms with Gasteiger partial charge in [0, 0.05) is 0 Å². The molecule has 3 heteroatoms. The topological polar surface area (TPSA) is 46.2 Å². The van der Waals surface area contributed by atoms with Crippen LogP contribution >= 0.6 is 0 Å². The fraction of sp³-hybridized carbons (Fsp3) is 0.200. The lowest BCUT2D eigenvalue weighted by Gasteiger charge is -2.07. The Hall–Kier alpha value is -1.64. The van der Waals surface area contributed by atoms with E-state index in [0.717, 1.165) is 11.8 Å². The number of hydrogen-bond donors (Lipinski definition) is 1. The molecule has 0 saturated carbocycles. The molecular formula is C10H11NO2. The van der Waals surface area contributed by atoms with Gasteiger partial charge in [-0.05, 0) is 12.0 Å². The van der Waals surface area contributed by atoms with Crippen molar-refractivity contribution in [3.8, 4) is 0 Å². The summed E-state index contributed by atoms with van der Waals surface area (Å²) in [5.41, 5.74) is 1.04. The number of amides is 1. The van der Waals surface area contributed by atoms with Crippen molar-refractivity contribution >= 4 is 12.7 Å². The first-order valence-electron chi connectivity index (χ1n) is 4.05. The largest absolute Gasteiger partial charge is 0.349 e. The van der Waals surface area contributed by atoms with Crippen molar-refractivity contribution in [3.05, 3.63) is 35.9 Å². The summed E-state index contributed by atoms with van der Waals surface area (Å²) < 4.78 is 0. The average molecular weight is 177 g/mol. The number of carbonyl (C=O) groups excluding carboxylic acids is 2. The molecule has 68 valence electrons. The van der Waals surface area contributed by atoms with Gasteiger partial charge < -0.3 is 10.1 Å². The summed E-state index contributed by atoms with van der Waals surface area (Å²) >= 11 is 0. The highest BCUT2D eigenvalue weighted by Crippen LogP contribution is 2.01. The molecule has 0 aliphatic carbocycles. The summed E-state index contributed by atoms with van der Waals surface area (Å²) in [5.74, 6) is 0. The fourth-order valence-electron chi connectivity index (χ4n) is 1.10. The van der Waals surface area contributed by atoms with Gasteiger partial charge in [0.2, 0.25) is 6.41 Å². The van der Waals surface area contributed by atoms with Crippen LogP contribution in [-0.2, 0) is 16.0 Å². The van der Waals surface area contributed by atoms with Crippen LogP contribution in [0, 0.1) is 0 Å². The van der Waals surface area contributed by atoms with E-state index in [-0.39, 0.29) is 0 Å². The number of benzene rings is 1. The van der Waals surface area contributed by atoms with Crippen molar-refractivity contribution in [3.63, 3.8) is 0 Å². The second kappa shape index (κ2) is 5.09. The van der Waals surface area contributed by atoms with Gasteiger partial charge in [-0.15, -0.1) is 0 Å². The number of aldehydes is 1. The third-order valence-corrected chi connectivity index (χ3v) is 1.74. The van der Waals surface area contributed by atoms with E-state index >= 15 is 0 Å². The highest BCUT2D eigenvalue weighted by Gasteiger charge is 2.05. The first kappa shape index (κ1) is 9.45. The van der Waals surface area contributed by atoms with Gasteiger partial charge in [-0.2, -0.15) is 0 Å². The van der Waals surface area contributed by atoms with Gasteiger partial charge in [-0.25, -0.2) is 0 Å². The summed E-state index contributed by atoms with van der Waals surface area (Å²) in [6.07, 6.45) is 1.83. The molecule has 0 radical (unpaired) electrons. The fourth-order valence-corrected chi connectivity index (χ4v) is 1.10. The molecule has 1 aromatic carbocycles. The van der Waals surface area contributed by atoms with Crippen LogP contribution in [0.4, 0.5) is 0 Å². The van der Waals surface area contributed by atoms with Gasteiger partial charge in [0.15, 0.2) is 0 Å². The maximum Gasteiger partial charge on any atom is 0.207 e. The lowest BCUT2D eigenvalue weighted by atomic mass is 10.1. The molecular weight excluding hydrogens is 166 g/mol. The number of carbonyl (C=O) groups is 2. The number of rotatable bonds is 5. The first-order valence-corrected chi connectivity index (χ1v) is 4.05. The van der Waals surface area contributed by atoms with E-state index in [1.54, 1.807) is 0 Å². The molecule has 0 aliphatic rings. The number of hydrogen-bond acceptors (Lipinski definition) is 2. The summed E-state index contributed by atoms with van der Waals surface area (Å²) in [6.45, 7) is 0. The van der Waals surface area contributed by atoms with Gasteiger partial charge in [0.05, 0.1) is 6.04 Å². The Bertz CT molecular complexity index is 272. The third-order valence-electron chi connectivity index (χ3n) is 1.74. The maximum absolute atomic E-state index is 10.5. The van der Waals surface area contributed by atoms with Crippen LogP contribution in [0.15, 0.2) is 30.3 Å². The van der Waals surface area contributed by atoms with E-state index in [9.17, 15) is 9.59 Å². The molecule has 1 N–H and O–H groups in total. The molecule has 0 spiro atoms. The van der Waals surface area contributed by atoms with E-state index in [4.69, 9.17) is 0 Å². The summed E-state index contributed by atoms with van der Waals surface area (Å²) in [4.78, 5) is 20.6. The molecule has 0 fully saturated rings.